The highest BCUT2D eigenvalue weighted by atomic mass is 32.2. The number of rotatable bonds is 8. The van der Waals surface area contributed by atoms with E-state index in [2.05, 4.69) is 0 Å². The number of carbonyl (C=O) groups is 4. The van der Waals surface area contributed by atoms with Crippen LogP contribution in [0.1, 0.15) is 30.6 Å². The first-order valence-corrected chi connectivity index (χ1v) is 9.61. The highest BCUT2D eigenvalue weighted by Gasteiger charge is 2.40. The number of thioether (sulfide) groups is 1. The highest BCUT2D eigenvalue weighted by molar-refractivity contribution is 8.00. The van der Waals surface area contributed by atoms with Gasteiger partial charge < -0.3 is 15.2 Å². The molecule has 0 unspecified atom stereocenters. The molecule has 1 aliphatic rings. The average molecular weight is 394 g/mol. The summed E-state index contributed by atoms with van der Waals surface area (Å²) in [6, 6.07) is 5.21. The van der Waals surface area contributed by atoms with Crippen molar-refractivity contribution in [1.29, 1.82) is 0 Å². The number of nitrogens with two attached hydrogens (primary N) is 1. The number of ether oxygens (including phenoxy) is 2. The van der Waals surface area contributed by atoms with Crippen LogP contribution in [-0.2, 0) is 23.9 Å². The molecular formula is C18H22N2O6S. The number of hydrogen-bond donors (Lipinski definition) is 1. The Balaban J connectivity index is 2.01. The average Bonchev–Trinajstić information content (AvgIpc) is 2.93. The lowest BCUT2D eigenvalue weighted by Crippen LogP contribution is -2.36. The van der Waals surface area contributed by atoms with E-state index in [1.54, 1.807) is 13.8 Å². The maximum Gasteiger partial charge on any atom is 0.338 e. The molecule has 0 aliphatic carbocycles. The summed E-state index contributed by atoms with van der Waals surface area (Å²) in [4.78, 5) is 49.2. The van der Waals surface area contributed by atoms with Gasteiger partial charge in [-0.1, -0.05) is 0 Å². The Morgan fingerprint density at radius 1 is 1.19 bits per heavy atom. The third-order valence-corrected chi connectivity index (χ3v) is 5.13. The topological polar surface area (TPSA) is 116 Å². The largest absolute Gasteiger partial charge is 0.465 e. The monoisotopic (exact) mass is 394 g/mol. The first-order chi connectivity index (χ1) is 12.9. The molecule has 146 valence electrons. The summed E-state index contributed by atoms with van der Waals surface area (Å²) in [7, 11) is 0. The SMILES string of the molecule is CCOC(=O)c1ccc(N2C(=O)C[C@@H](SC[C@H](N)C(=O)OCC)C2=O)cc1. The Labute approximate surface area is 161 Å². The first-order valence-electron chi connectivity index (χ1n) is 8.56. The zero-order chi connectivity index (χ0) is 20.0. The second-order valence-electron chi connectivity index (χ2n) is 5.72. The Morgan fingerprint density at radius 3 is 2.41 bits per heavy atom. The van der Waals surface area contributed by atoms with Crippen molar-refractivity contribution < 1.29 is 28.7 Å². The van der Waals surface area contributed by atoms with E-state index in [0.29, 0.717) is 11.3 Å². The summed E-state index contributed by atoms with van der Waals surface area (Å²) in [6.45, 7) is 3.88. The number of esters is 2. The number of anilines is 1. The summed E-state index contributed by atoms with van der Waals surface area (Å²) in [5.41, 5.74) is 6.45. The van der Waals surface area contributed by atoms with Crippen LogP contribution in [0.2, 0.25) is 0 Å². The summed E-state index contributed by atoms with van der Waals surface area (Å²) in [5, 5.41) is -0.609. The molecule has 0 aromatic heterocycles. The fourth-order valence-corrected chi connectivity index (χ4v) is 3.59. The van der Waals surface area contributed by atoms with E-state index in [1.807, 2.05) is 0 Å². The normalized spacial score (nSPS) is 17.7. The van der Waals surface area contributed by atoms with Gasteiger partial charge in [0.15, 0.2) is 0 Å². The Morgan fingerprint density at radius 2 is 1.81 bits per heavy atom. The minimum atomic E-state index is -0.851. The second-order valence-corrected chi connectivity index (χ2v) is 6.96. The van der Waals surface area contributed by atoms with E-state index >= 15 is 0 Å². The van der Waals surface area contributed by atoms with E-state index < -0.39 is 23.2 Å². The van der Waals surface area contributed by atoms with Crippen LogP contribution in [0, 0.1) is 0 Å². The molecule has 1 heterocycles. The fourth-order valence-electron chi connectivity index (χ4n) is 2.50. The number of nitrogens with zero attached hydrogens (tertiary/aromatic N) is 1. The molecule has 9 heteroatoms. The van der Waals surface area contributed by atoms with Crippen molar-refractivity contribution in [2.45, 2.75) is 31.6 Å². The van der Waals surface area contributed by atoms with Gasteiger partial charge in [0.25, 0.3) is 0 Å². The van der Waals surface area contributed by atoms with Crippen LogP contribution in [0.25, 0.3) is 0 Å². The van der Waals surface area contributed by atoms with E-state index in [9.17, 15) is 19.2 Å². The minimum absolute atomic E-state index is 0.0265. The summed E-state index contributed by atoms with van der Waals surface area (Å²) in [5.74, 6) is -1.54. The summed E-state index contributed by atoms with van der Waals surface area (Å²) >= 11 is 1.16. The van der Waals surface area contributed by atoms with Crippen LogP contribution in [0.4, 0.5) is 5.69 Å². The lowest BCUT2D eigenvalue weighted by atomic mass is 10.2. The Hall–Kier alpha value is -2.39. The Bertz CT molecular complexity index is 721. The molecule has 1 aliphatic heterocycles. The van der Waals surface area contributed by atoms with E-state index in [1.165, 1.54) is 24.3 Å². The molecule has 8 nitrogen and oxygen atoms in total. The molecule has 2 rings (SSSR count). The third kappa shape index (κ3) is 5.08. The number of amides is 2. The van der Waals surface area contributed by atoms with E-state index in [4.69, 9.17) is 15.2 Å². The van der Waals surface area contributed by atoms with Crippen molar-refractivity contribution in [2.75, 3.05) is 23.9 Å². The molecule has 27 heavy (non-hydrogen) atoms. The van der Waals surface area contributed by atoms with Crippen LogP contribution in [0.15, 0.2) is 24.3 Å². The van der Waals surface area contributed by atoms with Gasteiger partial charge in [0.2, 0.25) is 11.8 Å². The van der Waals surface area contributed by atoms with Gasteiger partial charge in [-0.3, -0.25) is 14.4 Å². The van der Waals surface area contributed by atoms with Gasteiger partial charge in [0.05, 0.1) is 29.7 Å². The standard InChI is InChI=1S/C18H22N2O6S/c1-3-25-17(23)11-5-7-12(8-6-11)20-15(21)9-14(16(20)22)27-10-13(19)18(24)26-4-2/h5-8,13-14H,3-4,9-10,19H2,1-2H3/t13-,14+/m0/s1. The van der Waals surface area contributed by atoms with Crippen LogP contribution in [0.5, 0.6) is 0 Å². The molecule has 2 amide bonds. The van der Waals surface area contributed by atoms with Gasteiger partial charge in [0, 0.05) is 12.2 Å². The molecule has 2 atom stereocenters. The lowest BCUT2D eigenvalue weighted by Gasteiger charge is -2.16. The number of carbonyl (C=O) groups excluding carboxylic acids is 4. The van der Waals surface area contributed by atoms with Crippen LogP contribution >= 0.6 is 11.8 Å². The van der Waals surface area contributed by atoms with Crippen molar-refractivity contribution in [3.63, 3.8) is 0 Å². The van der Waals surface area contributed by atoms with Gasteiger partial charge in [-0.05, 0) is 38.1 Å². The van der Waals surface area contributed by atoms with Gasteiger partial charge >= 0.3 is 11.9 Å². The highest BCUT2D eigenvalue weighted by Crippen LogP contribution is 2.30. The predicted molar refractivity (Wildman–Crippen MR) is 100 cm³/mol. The van der Waals surface area contributed by atoms with Crippen molar-refractivity contribution in [3.05, 3.63) is 29.8 Å². The van der Waals surface area contributed by atoms with Crippen LogP contribution < -0.4 is 10.6 Å². The third-order valence-electron chi connectivity index (χ3n) is 3.81. The van der Waals surface area contributed by atoms with Crippen molar-refractivity contribution in [1.82, 2.24) is 0 Å². The summed E-state index contributed by atoms with van der Waals surface area (Å²) < 4.78 is 9.73. The molecule has 0 radical (unpaired) electrons. The van der Waals surface area contributed by atoms with Gasteiger partial charge in [0.1, 0.15) is 6.04 Å². The van der Waals surface area contributed by atoms with Crippen molar-refractivity contribution >= 4 is 41.2 Å². The predicted octanol–water partition coefficient (Wildman–Crippen LogP) is 1.12. The number of benzene rings is 1. The molecule has 1 aromatic rings. The van der Waals surface area contributed by atoms with E-state index in [-0.39, 0.29) is 37.2 Å². The van der Waals surface area contributed by atoms with Crippen molar-refractivity contribution in [3.8, 4) is 0 Å². The van der Waals surface area contributed by atoms with Gasteiger partial charge in [-0.25, -0.2) is 9.69 Å². The zero-order valence-corrected chi connectivity index (χ0v) is 16.0. The maximum absolute atomic E-state index is 12.6. The van der Waals surface area contributed by atoms with E-state index in [0.717, 1.165) is 16.7 Å². The van der Waals surface area contributed by atoms with Crippen LogP contribution in [0.3, 0.4) is 0 Å². The van der Waals surface area contributed by atoms with Gasteiger partial charge in [-0.2, -0.15) is 0 Å². The molecular weight excluding hydrogens is 372 g/mol. The lowest BCUT2D eigenvalue weighted by molar-refractivity contribution is -0.144. The summed E-state index contributed by atoms with van der Waals surface area (Å²) in [6.07, 6.45) is 0.0265. The smallest absolute Gasteiger partial charge is 0.338 e. The first kappa shape index (κ1) is 20.9. The molecule has 0 spiro atoms. The molecule has 1 aromatic carbocycles. The molecule has 2 N–H and O–H groups in total. The van der Waals surface area contributed by atoms with Crippen LogP contribution in [-0.4, -0.2) is 54.0 Å². The van der Waals surface area contributed by atoms with Crippen molar-refractivity contribution in [2.24, 2.45) is 5.73 Å². The van der Waals surface area contributed by atoms with Gasteiger partial charge in [-0.15, -0.1) is 11.8 Å². The fraction of sp³-hybridized carbons (Fsp3) is 0.444. The molecule has 0 bridgehead atoms. The quantitative estimate of drug-likeness (QED) is 0.515. The molecule has 0 saturated carbocycles. The molecule has 1 saturated heterocycles. The zero-order valence-electron chi connectivity index (χ0n) is 15.2. The molecule has 1 fully saturated rings. The number of imide groups is 1. The Kier molecular flexibility index (Phi) is 7.37. The minimum Gasteiger partial charge on any atom is -0.465 e. The second kappa shape index (κ2) is 9.52. The number of hydrogen-bond acceptors (Lipinski definition) is 8. The maximum atomic E-state index is 12.6.